The van der Waals surface area contributed by atoms with Crippen molar-refractivity contribution in [2.24, 2.45) is 0 Å². The Labute approximate surface area is 145 Å². The lowest BCUT2D eigenvalue weighted by Gasteiger charge is -2.21. The van der Waals surface area contributed by atoms with E-state index < -0.39 is 16.0 Å². The van der Waals surface area contributed by atoms with Crippen molar-refractivity contribution >= 4 is 21.7 Å². The summed E-state index contributed by atoms with van der Waals surface area (Å²) in [6.07, 6.45) is 0. The molecule has 2 aromatic carbocycles. The van der Waals surface area contributed by atoms with Gasteiger partial charge in [-0.3, -0.25) is 4.72 Å². The van der Waals surface area contributed by atoms with Crippen molar-refractivity contribution in [3.05, 3.63) is 47.0 Å². The van der Waals surface area contributed by atoms with Gasteiger partial charge in [0.2, 0.25) is 0 Å². The van der Waals surface area contributed by atoms with Crippen LogP contribution in [-0.4, -0.2) is 32.7 Å². The SMILES string of the molecule is Cc1cccc(NS(=O)(=O)c2cc3c(c(C(=O)O)c2)OCCO3)c1C. The van der Waals surface area contributed by atoms with Gasteiger partial charge in [-0.2, -0.15) is 0 Å². The lowest BCUT2D eigenvalue weighted by atomic mass is 10.1. The van der Waals surface area contributed by atoms with Crippen molar-refractivity contribution in [2.45, 2.75) is 18.7 Å². The summed E-state index contributed by atoms with van der Waals surface area (Å²) < 4.78 is 38.6. The highest BCUT2D eigenvalue weighted by Gasteiger charge is 2.26. The highest BCUT2D eigenvalue weighted by atomic mass is 32.2. The Morgan fingerprint density at radius 2 is 1.88 bits per heavy atom. The van der Waals surface area contributed by atoms with Crippen molar-refractivity contribution in [3.63, 3.8) is 0 Å². The van der Waals surface area contributed by atoms with Gasteiger partial charge in [0, 0.05) is 6.07 Å². The van der Waals surface area contributed by atoms with E-state index in [4.69, 9.17) is 9.47 Å². The van der Waals surface area contributed by atoms with Gasteiger partial charge < -0.3 is 14.6 Å². The fraction of sp³-hybridized carbons (Fsp3) is 0.235. The molecule has 8 heteroatoms. The first-order valence-electron chi connectivity index (χ1n) is 7.55. The first kappa shape index (κ1) is 17.1. The van der Waals surface area contributed by atoms with Crippen LogP contribution in [0.25, 0.3) is 0 Å². The third-order valence-corrected chi connectivity index (χ3v) is 5.35. The quantitative estimate of drug-likeness (QED) is 0.866. The summed E-state index contributed by atoms with van der Waals surface area (Å²) in [7, 11) is -3.99. The average molecular weight is 363 g/mol. The van der Waals surface area contributed by atoms with E-state index in [9.17, 15) is 18.3 Å². The number of hydrogen-bond acceptors (Lipinski definition) is 5. The van der Waals surface area contributed by atoms with E-state index in [2.05, 4.69) is 4.72 Å². The monoisotopic (exact) mass is 363 g/mol. The molecule has 132 valence electrons. The first-order valence-corrected chi connectivity index (χ1v) is 9.04. The van der Waals surface area contributed by atoms with Gasteiger partial charge in [0.25, 0.3) is 10.0 Å². The topological polar surface area (TPSA) is 102 Å². The second-order valence-corrected chi connectivity index (χ2v) is 7.34. The molecule has 2 N–H and O–H groups in total. The molecule has 0 aromatic heterocycles. The molecule has 7 nitrogen and oxygen atoms in total. The van der Waals surface area contributed by atoms with Crippen molar-refractivity contribution in [3.8, 4) is 11.5 Å². The van der Waals surface area contributed by atoms with E-state index in [-0.39, 0.29) is 35.2 Å². The van der Waals surface area contributed by atoms with Crippen LogP contribution in [0.4, 0.5) is 5.69 Å². The molecular formula is C17H17NO6S. The predicted molar refractivity (Wildman–Crippen MR) is 91.1 cm³/mol. The van der Waals surface area contributed by atoms with E-state index in [0.717, 1.165) is 17.2 Å². The standard InChI is InChI=1S/C17H17NO6S/c1-10-4-3-5-14(11(10)2)18-25(21,22)12-8-13(17(19)20)16-15(9-12)23-6-7-24-16/h3-5,8-9,18H,6-7H2,1-2H3,(H,19,20). The van der Waals surface area contributed by atoms with Gasteiger partial charge in [0.15, 0.2) is 11.5 Å². The van der Waals surface area contributed by atoms with Crippen LogP contribution in [0.15, 0.2) is 35.2 Å². The fourth-order valence-electron chi connectivity index (χ4n) is 2.51. The third kappa shape index (κ3) is 3.25. The number of aromatic carboxylic acids is 1. The van der Waals surface area contributed by atoms with Gasteiger partial charge in [-0.15, -0.1) is 0 Å². The van der Waals surface area contributed by atoms with Crippen LogP contribution >= 0.6 is 0 Å². The maximum atomic E-state index is 12.7. The smallest absolute Gasteiger partial charge is 0.339 e. The number of ether oxygens (including phenoxy) is 2. The number of carboxylic acids is 1. The number of carboxylic acid groups (broad SMARTS) is 1. The molecule has 0 amide bonds. The Hall–Kier alpha value is -2.74. The van der Waals surface area contributed by atoms with Gasteiger partial charge in [-0.25, -0.2) is 13.2 Å². The van der Waals surface area contributed by atoms with Crippen LogP contribution in [0, 0.1) is 13.8 Å². The lowest BCUT2D eigenvalue weighted by Crippen LogP contribution is -2.20. The molecule has 1 heterocycles. The van der Waals surface area contributed by atoms with E-state index in [1.165, 1.54) is 6.07 Å². The van der Waals surface area contributed by atoms with E-state index in [1.807, 2.05) is 13.0 Å². The molecule has 0 fully saturated rings. The van der Waals surface area contributed by atoms with Crippen LogP contribution in [0.3, 0.4) is 0 Å². The molecule has 0 bridgehead atoms. The summed E-state index contributed by atoms with van der Waals surface area (Å²) in [5.41, 5.74) is 1.92. The summed E-state index contributed by atoms with van der Waals surface area (Å²) in [6, 6.07) is 7.61. The average Bonchev–Trinajstić information content (AvgIpc) is 2.57. The number of rotatable bonds is 4. The molecule has 2 aromatic rings. The summed E-state index contributed by atoms with van der Waals surface area (Å²) >= 11 is 0. The first-order chi connectivity index (χ1) is 11.8. The zero-order valence-electron chi connectivity index (χ0n) is 13.7. The molecule has 0 aliphatic carbocycles. The molecule has 0 saturated heterocycles. The Morgan fingerprint density at radius 1 is 1.16 bits per heavy atom. The van der Waals surface area contributed by atoms with Gasteiger partial charge in [0.1, 0.15) is 18.8 Å². The summed E-state index contributed by atoms with van der Waals surface area (Å²) in [4.78, 5) is 11.3. The summed E-state index contributed by atoms with van der Waals surface area (Å²) in [6.45, 7) is 4.11. The summed E-state index contributed by atoms with van der Waals surface area (Å²) in [5.74, 6) is -1.14. The molecule has 25 heavy (non-hydrogen) atoms. The number of hydrogen-bond donors (Lipinski definition) is 2. The fourth-order valence-corrected chi connectivity index (χ4v) is 3.67. The number of nitrogens with one attached hydrogen (secondary N) is 1. The second kappa shape index (κ2) is 6.29. The zero-order valence-corrected chi connectivity index (χ0v) is 14.5. The molecule has 3 rings (SSSR count). The van der Waals surface area contributed by atoms with E-state index in [1.54, 1.807) is 19.1 Å². The number of aryl methyl sites for hydroxylation is 1. The Kier molecular flexibility index (Phi) is 4.30. The Morgan fingerprint density at radius 3 is 2.60 bits per heavy atom. The predicted octanol–water partition coefficient (Wildman–Crippen LogP) is 2.57. The summed E-state index contributed by atoms with van der Waals surface area (Å²) in [5, 5.41) is 9.35. The van der Waals surface area contributed by atoms with Gasteiger partial charge in [-0.1, -0.05) is 12.1 Å². The molecule has 1 aliphatic rings. The number of anilines is 1. The maximum absolute atomic E-state index is 12.7. The number of sulfonamides is 1. The molecule has 0 saturated carbocycles. The molecule has 1 aliphatic heterocycles. The highest BCUT2D eigenvalue weighted by Crippen LogP contribution is 2.37. The number of benzene rings is 2. The molecule has 0 spiro atoms. The van der Waals surface area contributed by atoms with Gasteiger partial charge >= 0.3 is 5.97 Å². The minimum Gasteiger partial charge on any atom is -0.486 e. The zero-order chi connectivity index (χ0) is 18.2. The van der Waals surface area contributed by atoms with Crippen molar-refractivity contribution in [1.29, 1.82) is 0 Å². The highest BCUT2D eigenvalue weighted by molar-refractivity contribution is 7.92. The Balaban J connectivity index is 2.07. The minimum absolute atomic E-state index is 0.0458. The van der Waals surface area contributed by atoms with Crippen molar-refractivity contribution in [2.75, 3.05) is 17.9 Å². The van der Waals surface area contributed by atoms with Crippen molar-refractivity contribution in [1.82, 2.24) is 0 Å². The lowest BCUT2D eigenvalue weighted by molar-refractivity contribution is 0.0685. The second-order valence-electron chi connectivity index (χ2n) is 5.65. The number of carbonyl (C=O) groups is 1. The molecule has 0 atom stereocenters. The van der Waals surface area contributed by atoms with Crippen LogP contribution in [0.5, 0.6) is 11.5 Å². The maximum Gasteiger partial charge on any atom is 0.339 e. The Bertz CT molecular complexity index is 952. The largest absolute Gasteiger partial charge is 0.486 e. The molecular weight excluding hydrogens is 346 g/mol. The normalized spacial score (nSPS) is 13.4. The number of fused-ring (bicyclic) bond motifs is 1. The van der Waals surface area contributed by atoms with Crippen LogP contribution in [-0.2, 0) is 10.0 Å². The molecule has 0 radical (unpaired) electrons. The van der Waals surface area contributed by atoms with Gasteiger partial charge in [0.05, 0.1) is 10.6 Å². The third-order valence-electron chi connectivity index (χ3n) is 4.01. The van der Waals surface area contributed by atoms with Gasteiger partial charge in [-0.05, 0) is 37.1 Å². The van der Waals surface area contributed by atoms with Crippen LogP contribution in [0.1, 0.15) is 21.5 Å². The van der Waals surface area contributed by atoms with E-state index >= 15 is 0 Å². The van der Waals surface area contributed by atoms with Crippen molar-refractivity contribution < 1.29 is 27.8 Å². The van der Waals surface area contributed by atoms with Crippen LogP contribution in [0.2, 0.25) is 0 Å². The minimum atomic E-state index is -3.99. The van der Waals surface area contributed by atoms with E-state index in [0.29, 0.717) is 5.69 Å². The molecule has 0 unspecified atom stereocenters. The van der Waals surface area contributed by atoms with Crippen LogP contribution < -0.4 is 14.2 Å².